The van der Waals surface area contributed by atoms with Crippen molar-refractivity contribution in [2.75, 3.05) is 11.9 Å². The molecule has 0 aliphatic heterocycles. The van der Waals surface area contributed by atoms with E-state index in [9.17, 15) is 0 Å². The van der Waals surface area contributed by atoms with Crippen LogP contribution >= 0.6 is 11.6 Å². The third kappa shape index (κ3) is 2.97. The second kappa shape index (κ2) is 5.74. The molecule has 0 radical (unpaired) electrons. The number of H-pyrrole nitrogens is 1. The fourth-order valence-corrected chi connectivity index (χ4v) is 3.00. The number of aromatic nitrogens is 4. The Morgan fingerprint density at radius 3 is 3.00 bits per heavy atom. The van der Waals surface area contributed by atoms with Gasteiger partial charge in [0, 0.05) is 6.54 Å². The van der Waals surface area contributed by atoms with Gasteiger partial charge in [-0.05, 0) is 30.4 Å². The summed E-state index contributed by atoms with van der Waals surface area (Å²) in [5, 5.41) is 3.57. The Bertz CT molecular complexity index is 547. The highest BCUT2D eigenvalue weighted by Crippen LogP contribution is 2.28. The minimum absolute atomic E-state index is 0.234. The molecule has 0 atom stereocenters. The Labute approximate surface area is 117 Å². The molecule has 6 heteroatoms. The van der Waals surface area contributed by atoms with E-state index in [0.717, 1.165) is 23.8 Å². The van der Waals surface area contributed by atoms with Crippen LogP contribution in [0.2, 0.25) is 5.28 Å². The summed E-state index contributed by atoms with van der Waals surface area (Å²) in [7, 11) is 0. The number of anilines is 1. The lowest BCUT2D eigenvalue weighted by molar-refractivity contribution is 0.491. The Morgan fingerprint density at radius 1 is 1.32 bits per heavy atom. The zero-order valence-corrected chi connectivity index (χ0v) is 11.6. The molecule has 5 nitrogen and oxygen atoms in total. The van der Waals surface area contributed by atoms with Crippen molar-refractivity contribution in [2.45, 2.75) is 38.5 Å². The van der Waals surface area contributed by atoms with Crippen LogP contribution in [0.1, 0.15) is 38.5 Å². The van der Waals surface area contributed by atoms with Crippen LogP contribution in [0.25, 0.3) is 11.2 Å². The van der Waals surface area contributed by atoms with Crippen molar-refractivity contribution < 1.29 is 0 Å². The third-order valence-electron chi connectivity index (χ3n) is 3.81. The Hall–Kier alpha value is -1.36. The fraction of sp³-hybridized carbons (Fsp3) is 0.615. The van der Waals surface area contributed by atoms with Gasteiger partial charge in [0.05, 0.1) is 6.33 Å². The number of hydrogen-bond donors (Lipinski definition) is 2. The minimum atomic E-state index is 0.234. The summed E-state index contributed by atoms with van der Waals surface area (Å²) in [5.41, 5.74) is 1.43. The van der Waals surface area contributed by atoms with Crippen LogP contribution in [0.15, 0.2) is 6.33 Å². The van der Waals surface area contributed by atoms with Gasteiger partial charge in [0.2, 0.25) is 5.28 Å². The smallest absolute Gasteiger partial charge is 0.226 e. The molecule has 3 rings (SSSR count). The van der Waals surface area contributed by atoms with Gasteiger partial charge in [0.15, 0.2) is 11.5 Å². The number of imidazole rings is 1. The monoisotopic (exact) mass is 279 g/mol. The highest BCUT2D eigenvalue weighted by Gasteiger charge is 2.14. The number of hydrogen-bond acceptors (Lipinski definition) is 4. The first-order chi connectivity index (χ1) is 9.33. The maximum absolute atomic E-state index is 5.88. The zero-order chi connectivity index (χ0) is 13.1. The van der Waals surface area contributed by atoms with Gasteiger partial charge in [-0.2, -0.15) is 9.97 Å². The van der Waals surface area contributed by atoms with E-state index in [1.165, 1.54) is 38.5 Å². The predicted molar refractivity (Wildman–Crippen MR) is 76.4 cm³/mol. The van der Waals surface area contributed by atoms with E-state index in [-0.39, 0.29) is 5.28 Å². The summed E-state index contributed by atoms with van der Waals surface area (Å²) in [6.07, 6.45) is 9.72. The van der Waals surface area contributed by atoms with Crippen LogP contribution in [0.3, 0.4) is 0 Å². The van der Waals surface area contributed by atoms with Gasteiger partial charge < -0.3 is 10.3 Å². The zero-order valence-electron chi connectivity index (χ0n) is 10.8. The molecular weight excluding hydrogens is 262 g/mol. The highest BCUT2D eigenvalue weighted by molar-refractivity contribution is 6.28. The molecule has 19 heavy (non-hydrogen) atoms. The molecule has 0 bridgehead atoms. The third-order valence-corrected chi connectivity index (χ3v) is 3.98. The van der Waals surface area contributed by atoms with Gasteiger partial charge in [0.25, 0.3) is 0 Å². The predicted octanol–water partition coefficient (Wildman–Crippen LogP) is 3.39. The van der Waals surface area contributed by atoms with E-state index in [1.807, 2.05) is 0 Å². The first-order valence-electron chi connectivity index (χ1n) is 6.93. The molecule has 102 valence electrons. The Morgan fingerprint density at radius 2 is 2.16 bits per heavy atom. The van der Waals surface area contributed by atoms with Crippen molar-refractivity contribution in [3.63, 3.8) is 0 Å². The van der Waals surface area contributed by atoms with Crippen molar-refractivity contribution in [1.29, 1.82) is 0 Å². The lowest BCUT2D eigenvalue weighted by Crippen LogP contribution is -2.06. The van der Waals surface area contributed by atoms with E-state index < -0.39 is 0 Å². The molecule has 0 amide bonds. The van der Waals surface area contributed by atoms with Gasteiger partial charge in [-0.25, -0.2) is 4.98 Å². The van der Waals surface area contributed by atoms with Crippen LogP contribution in [-0.2, 0) is 0 Å². The first kappa shape index (κ1) is 12.7. The van der Waals surface area contributed by atoms with E-state index in [2.05, 4.69) is 25.3 Å². The van der Waals surface area contributed by atoms with Gasteiger partial charge >= 0.3 is 0 Å². The Kier molecular flexibility index (Phi) is 3.82. The highest BCUT2D eigenvalue weighted by atomic mass is 35.5. The molecule has 1 aliphatic carbocycles. The minimum Gasteiger partial charge on any atom is -0.368 e. The van der Waals surface area contributed by atoms with E-state index in [0.29, 0.717) is 5.65 Å². The molecular formula is C13H18ClN5. The van der Waals surface area contributed by atoms with Crippen molar-refractivity contribution in [1.82, 2.24) is 19.9 Å². The lowest BCUT2D eigenvalue weighted by Gasteiger charge is -2.10. The van der Waals surface area contributed by atoms with Crippen molar-refractivity contribution in [3.8, 4) is 0 Å². The van der Waals surface area contributed by atoms with Crippen molar-refractivity contribution in [3.05, 3.63) is 11.6 Å². The van der Waals surface area contributed by atoms with Crippen molar-refractivity contribution in [2.24, 2.45) is 5.92 Å². The largest absolute Gasteiger partial charge is 0.368 e. The molecule has 2 N–H and O–H groups in total. The second-order valence-electron chi connectivity index (χ2n) is 5.16. The number of nitrogens with one attached hydrogen (secondary N) is 2. The number of rotatable bonds is 5. The molecule has 0 unspecified atom stereocenters. The fourth-order valence-electron chi connectivity index (χ4n) is 2.83. The number of halogens is 1. The van der Waals surface area contributed by atoms with Gasteiger partial charge in [-0.1, -0.05) is 25.7 Å². The van der Waals surface area contributed by atoms with E-state index in [4.69, 9.17) is 11.6 Å². The molecule has 0 saturated heterocycles. The van der Waals surface area contributed by atoms with Crippen molar-refractivity contribution >= 4 is 28.6 Å². The maximum atomic E-state index is 5.88. The van der Waals surface area contributed by atoms with Gasteiger partial charge in [-0.3, -0.25) is 0 Å². The summed E-state index contributed by atoms with van der Waals surface area (Å²) in [6.45, 7) is 0.915. The molecule has 1 saturated carbocycles. The average molecular weight is 280 g/mol. The summed E-state index contributed by atoms with van der Waals surface area (Å²) in [6, 6.07) is 0. The molecule has 1 aliphatic rings. The summed E-state index contributed by atoms with van der Waals surface area (Å²) in [5.74, 6) is 1.68. The standard InChI is InChI=1S/C13H18ClN5/c14-13-18-11(10-12(19-13)17-8-16-10)15-7-3-6-9-4-1-2-5-9/h8-9H,1-7H2,(H2,15,16,17,18,19). The number of nitrogens with zero attached hydrogens (tertiary/aromatic N) is 3. The van der Waals surface area contributed by atoms with Crippen LogP contribution < -0.4 is 5.32 Å². The van der Waals surface area contributed by atoms with E-state index >= 15 is 0 Å². The molecule has 2 heterocycles. The molecule has 0 aromatic carbocycles. The van der Waals surface area contributed by atoms with Gasteiger partial charge in [-0.15, -0.1) is 0 Å². The molecule has 2 aromatic rings. The van der Waals surface area contributed by atoms with Gasteiger partial charge in [0.1, 0.15) is 5.52 Å². The SMILES string of the molecule is Clc1nc(NCCCC2CCCC2)c2[nH]cnc2n1. The van der Waals surface area contributed by atoms with E-state index in [1.54, 1.807) is 6.33 Å². The average Bonchev–Trinajstić information content (AvgIpc) is 3.04. The Balaban J connectivity index is 1.57. The first-order valence-corrected chi connectivity index (χ1v) is 7.31. The number of aromatic amines is 1. The normalized spacial score (nSPS) is 16.3. The van der Waals surface area contributed by atoms with Crippen LogP contribution in [0, 0.1) is 5.92 Å². The van der Waals surface area contributed by atoms with Crippen LogP contribution in [0.5, 0.6) is 0 Å². The molecule has 0 spiro atoms. The summed E-state index contributed by atoms with van der Waals surface area (Å²) >= 11 is 5.88. The maximum Gasteiger partial charge on any atom is 0.226 e. The quantitative estimate of drug-likeness (QED) is 0.650. The summed E-state index contributed by atoms with van der Waals surface area (Å²) < 4.78 is 0. The second-order valence-corrected chi connectivity index (χ2v) is 5.50. The summed E-state index contributed by atoms with van der Waals surface area (Å²) in [4.78, 5) is 15.4. The molecule has 1 fully saturated rings. The van der Waals surface area contributed by atoms with Crippen LogP contribution in [-0.4, -0.2) is 26.5 Å². The van der Waals surface area contributed by atoms with Crippen LogP contribution in [0.4, 0.5) is 5.82 Å². The molecule has 2 aromatic heterocycles. The number of fused-ring (bicyclic) bond motifs is 1. The lowest BCUT2D eigenvalue weighted by atomic mass is 10.0. The topological polar surface area (TPSA) is 66.5 Å².